The summed E-state index contributed by atoms with van der Waals surface area (Å²) in [6, 6.07) is 12.3. The Morgan fingerprint density at radius 2 is 1.92 bits per heavy atom. The number of rotatable bonds is 8. The van der Waals surface area contributed by atoms with Crippen molar-refractivity contribution in [1.82, 2.24) is 9.88 Å². The van der Waals surface area contributed by atoms with E-state index in [1.54, 1.807) is 11.3 Å². The van der Waals surface area contributed by atoms with Gasteiger partial charge in [0.05, 0.1) is 0 Å². The number of ketones is 1. The monoisotopic (exact) mass is 368 g/mol. The van der Waals surface area contributed by atoms with Gasteiger partial charge in [-0.05, 0) is 43.9 Å². The molecule has 0 atom stereocenters. The molecule has 1 N–H and O–H groups in total. The number of fused-ring (bicyclic) bond motifs is 1. The molecule has 0 saturated heterocycles. The summed E-state index contributed by atoms with van der Waals surface area (Å²) in [5.74, 6) is 0.00105. The zero-order valence-electron chi connectivity index (χ0n) is 15.2. The number of thiophene rings is 1. The predicted octanol–water partition coefficient (Wildman–Crippen LogP) is 4.49. The number of aromatic nitrogens is 1. The first-order chi connectivity index (χ1) is 12.5. The van der Waals surface area contributed by atoms with Gasteiger partial charge in [-0.2, -0.15) is 0 Å². The molecule has 0 aliphatic carbocycles. The van der Waals surface area contributed by atoms with Crippen LogP contribution in [-0.2, 0) is 11.3 Å². The molecule has 0 radical (unpaired) electrons. The highest BCUT2D eigenvalue weighted by Crippen LogP contribution is 2.22. The van der Waals surface area contributed by atoms with Gasteiger partial charge in [0.2, 0.25) is 5.91 Å². The summed E-state index contributed by atoms with van der Waals surface area (Å²) in [6.07, 6.45) is 3.46. The maximum atomic E-state index is 12.2. The van der Waals surface area contributed by atoms with E-state index in [-0.39, 0.29) is 24.5 Å². The molecule has 2 aromatic heterocycles. The lowest BCUT2D eigenvalue weighted by Crippen LogP contribution is -2.25. The first-order valence-corrected chi connectivity index (χ1v) is 9.77. The number of benzene rings is 1. The molecule has 0 unspecified atom stereocenters. The van der Waals surface area contributed by atoms with Crippen LogP contribution in [0.1, 0.15) is 39.4 Å². The molecule has 1 aromatic carbocycles. The van der Waals surface area contributed by atoms with Crippen molar-refractivity contribution < 1.29 is 9.59 Å². The summed E-state index contributed by atoms with van der Waals surface area (Å²) in [4.78, 5) is 26.4. The van der Waals surface area contributed by atoms with Crippen LogP contribution in [0.4, 0.5) is 0 Å². The lowest BCUT2D eigenvalue weighted by atomic mass is 10.1. The second kappa shape index (κ2) is 8.32. The molecule has 2 heterocycles. The third-order valence-corrected chi connectivity index (χ3v) is 5.46. The summed E-state index contributed by atoms with van der Waals surface area (Å²) in [5.41, 5.74) is 1.98. The molecule has 0 saturated carbocycles. The van der Waals surface area contributed by atoms with Gasteiger partial charge in [-0.1, -0.05) is 18.2 Å². The van der Waals surface area contributed by atoms with Crippen LogP contribution in [0.15, 0.2) is 42.6 Å². The van der Waals surface area contributed by atoms with Gasteiger partial charge in [0, 0.05) is 53.0 Å². The molecule has 0 fully saturated rings. The maximum absolute atomic E-state index is 12.2. The number of para-hydroxylation sites is 1. The van der Waals surface area contributed by atoms with E-state index in [2.05, 4.69) is 34.3 Å². The Morgan fingerprint density at radius 3 is 2.69 bits per heavy atom. The van der Waals surface area contributed by atoms with E-state index in [9.17, 15) is 9.59 Å². The standard InChI is InChI=1S/C21H24N2O2S/c1-15-14-18(16(2)26-15)20(24)8-9-21(25)22-11-5-12-23-13-10-17-6-3-4-7-19(17)23/h3-4,6-7,10,13-14H,5,8-9,11-12H2,1-2H3,(H,22,25). The third kappa shape index (κ3) is 4.41. The van der Waals surface area contributed by atoms with Crippen molar-refractivity contribution in [3.8, 4) is 0 Å². The zero-order chi connectivity index (χ0) is 18.5. The fourth-order valence-electron chi connectivity index (χ4n) is 3.17. The Labute approximate surface area is 157 Å². The van der Waals surface area contributed by atoms with Crippen LogP contribution in [-0.4, -0.2) is 22.8 Å². The Balaban J connectivity index is 1.39. The van der Waals surface area contributed by atoms with Crippen LogP contribution in [0.2, 0.25) is 0 Å². The van der Waals surface area contributed by atoms with Crippen molar-refractivity contribution in [2.24, 2.45) is 0 Å². The number of aryl methyl sites for hydroxylation is 3. The number of hydrogen-bond acceptors (Lipinski definition) is 3. The molecule has 5 heteroatoms. The molecule has 4 nitrogen and oxygen atoms in total. The van der Waals surface area contributed by atoms with Gasteiger partial charge in [0.25, 0.3) is 0 Å². The van der Waals surface area contributed by atoms with Crippen LogP contribution in [0.5, 0.6) is 0 Å². The van der Waals surface area contributed by atoms with Gasteiger partial charge in [-0.15, -0.1) is 11.3 Å². The summed E-state index contributed by atoms with van der Waals surface area (Å²) in [7, 11) is 0. The predicted molar refractivity (Wildman–Crippen MR) is 107 cm³/mol. The Hall–Kier alpha value is -2.40. The maximum Gasteiger partial charge on any atom is 0.220 e. The van der Waals surface area contributed by atoms with Crippen molar-refractivity contribution in [3.05, 3.63) is 57.9 Å². The molecule has 3 rings (SSSR count). The lowest BCUT2D eigenvalue weighted by Gasteiger charge is -2.07. The van der Waals surface area contributed by atoms with E-state index in [1.165, 1.54) is 10.9 Å². The smallest absolute Gasteiger partial charge is 0.220 e. The Morgan fingerprint density at radius 1 is 1.12 bits per heavy atom. The number of hydrogen-bond donors (Lipinski definition) is 1. The lowest BCUT2D eigenvalue weighted by molar-refractivity contribution is -0.121. The van der Waals surface area contributed by atoms with E-state index < -0.39 is 0 Å². The molecule has 0 aliphatic heterocycles. The summed E-state index contributed by atoms with van der Waals surface area (Å²) >= 11 is 1.62. The van der Waals surface area contributed by atoms with E-state index >= 15 is 0 Å². The largest absolute Gasteiger partial charge is 0.356 e. The van der Waals surface area contributed by atoms with E-state index in [0.717, 1.165) is 28.3 Å². The quantitative estimate of drug-likeness (QED) is 0.470. The first kappa shape index (κ1) is 18.4. The molecule has 26 heavy (non-hydrogen) atoms. The average molecular weight is 369 g/mol. The normalized spacial score (nSPS) is 11.0. The fourth-order valence-corrected chi connectivity index (χ4v) is 4.11. The Kier molecular flexibility index (Phi) is 5.89. The van der Waals surface area contributed by atoms with E-state index in [0.29, 0.717) is 6.54 Å². The molecular weight excluding hydrogens is 344 g/mol. The van der Waals surface area contributed by atoms with Crippen LogP contribution < -0.4 is 5.32 Å². The van der Waals surface area contributed by atoms with Crippen molar-refractivity contribution in [2.45, 2.75) is 39.7 Å². The summed E-state index contributed by atoms with van der Waals surface area (Å²) in [5, 5.41) is 4.15. The van der Waals surface area contributed by atoms with Crippen LogP contribution in [0.3, 0.4) is 0 Å². The minimum Gasteiger partial charge on any atom is -0.356 e. The molecule has 0 spiro atoms. The van der Waals surface area contributed by atoms with Crippen LogP contribution >= 0.6 is 11.3 Å². The van der Waals surface area contributed by atoms with Crippen molar-refractivity contribution in [1.29, 1.82) is 0 Å². The molecular formula is C21H24N2O2S. The van der Waals surface area contributed by atoms with Crippen LogP contribution in [0, 0.1) is 13.8 Å². The first-order valence-electron chi connectivity index (χ1n) is 8.95. The summed E-state index contributed by atoms with van der Waals surface area (Å²) in [6.45, 7) is 5.43. The van der Waals surface area contributed by atoms with Crippen molar-refractivity contribution in [2.75, 3.05) is 6.54 Å². The van der Waals surface area contributed by atoms with Crippen LogP contribution in [0.25, 0.3) is 10.9 Å². The fraction of sp³-hybridized carbons (Fsp3) is 0.333. The zero-order valence-corrected chi connectivity index (χ0v) is 16.1. The topological polar surface area (TPSA) is 51.1 Å². The van der Waals surface area contributed by atoms with E-state index in [4.69, 9.17) is 0 Å². The number of amides is 1. The van der Waals surface area contributed by atoms with Crippen molar-refractivity contribution >= 4 is 33.9 Å². The number of nitrogens with zero attached hydrogens (tertiary/aromatic N) is 1. The molecule has 1 amide bonds. The third-order valence-electron chi connectivity index (χ3n) is 4.50. The highest BCUT2D eigenvalue weighted by atomic mass is 32.1. The highest BCUT2D eigenvalue weighted by Gasteiger charge is 2.13. The molecule has 0 aliphatic rings. The number of Topliss-reactive ketones (excluding diaryl/α,β-unsaturated/α-hetero) is 1. The Bertz CT molecular complexity index is 923. The SMILES string of the molecule is Cc1cc(C(=O)CCC(=O)NCCCn2ccc3ccccc32)c(C)s1. The molecule has 0 bridgehead atoms. The minimum atomic E-state index is -0.0553. The van der Waals surface area contributed by atoms with Gasteiger partial charge in [-0.3, -0.25) is 9.59 Å². The van der Waals surface area contributed by atoms with Gasteiger partial charge < -0.3 is 9.88 Å². The second-order valence-corrected chi connectivity index (χ2v) is 7.98. The van der Waals surface area contributed by atoms with Gasteiger partial charge in [0.15, 0.2) is 5.78 Å². The number of carbonyl (C=O) groups excluding carboxylic acids is 2. The number of nitrogens with one attached hydrogen (secondary N) is 1. The molecule has 136 valence electrons. The molecule has 3 aromatic rings. The second-order valence-electron chi connectivity index (χ2n) is 6.52. The average Bonchev–Trinajstić information content (AvgIpc) is 3.19. The van der Waals surface area contributed by atoms with Gasteiger partial charge in [0.1, 0.15) is 0 Å². The van der Waals surface area contributed by atoms with Gasteiger partial charge in [-0.25, -0.2) is 0 Å². The number of carbonyl (C=O) groups is 2. The summed E-state index contributed by atoms with van der Waals surface area (Å²) < 4.78 is 2.20. The minimum absolute atomic E-state index is 0.0553. The van der Waals surface area contributed by atoms with Gasteiger partial charge >= 0.3 is 0 Å². The van der Waals surface area contributed by atoms with Crippen molar-refractivity contribution in [3.63, 3.8) is 0 Å². The van der Waals surface area contributed by atoms with E-state index in [1.807, 2.05) is 32.0 Å². The highest BCUT2D eigenvalue weighted by molar-refractivity contribution is 7.12.